The zero-order valence-corrected chi connectivity index (χ0v) is 27.5. The maximum absolute atomic E-state index is 4.42. The smallest absolute Gasteiger partial charge is 0.147 e. The van der Waals surface area contributed by atoms with E-state index in [0.717, 1.165) is 0 Å². The molecular weight excluding hydrogens is 611 g/mol. The molecule has 1 unspecified atom stereocenters. The standard InChI is InChI=1S/C13H9.C10H9.2C6H5.2ClH.H2Si.Zr/c1-3-7-12-10(5-1)9-11-6-2-4-8-13(11)12;1-8-6-7-9-4-2-3-5-10(8)9;2*1-2-4-6-5-3-1;;;;/h1-9H;2-7H,1H3;2*1-5H;2*1H;1H2;. The number of rotatable bonds is 4. The Bertz CT molecular complexity index is 1670. The molecule has 0 fully saturated rings. The molecule has 0 amide bonds. The second kappa shape index (κ2) is 10.5. The van der Waals surface area contributed by atoms with Crippen LogP contribution in [-0.2, 0) is 17.4 Å². The summed E-state index contributed by atoms with van der Waals surface area (Å²) in [4.78, 5) is 0. The van der Waals surface area contributed by atoms with E-state index in [1.54, 1.807) is 6.54 Å². The molecule has 2 aliphatic rings. The molecule has 0 nitrogen and oxygen atoms in total. The molecule has 1 atom stereocenters. The number of halogens is 2. The molecule has 0 aliphatic heterocycles. The van der Waals surface area contributed by atoms with E-state index in [0.29, 0.717) is 7.25 Å². The van der Waals surface area contributed by atoms with Crippen molar-refractivity contribution in [3.8, 4) is 11.1 Å². The van der Waals surface area contributed by atoms with Crippen molar-refractivity contribution >= 4 is 43.8 Å². The molecule has 0 N–H and O–H groups in total. The molecule has 39 heavy (non-hydrogen) atoms. The summed E-state index contributed by atoms with van der Waals surface area (Å²) >= 11 is -4.42. The van der Waals surface area contributed by atoms with Crippen molar-refractivity contribution in [3.63, 3.8) is 0 Å². The van der Waals surface area contributed by atoms with E-state index in [2.05, 4.69) is 153 Å². The van der Waals surface area contributed by atoms with E-state index in [1.807, 2.05) is 0 Å². The minimum Gasteiger partial charge on any atom is -0.147 e. The maximum Gasteiger partial charge on any atom is -0.147 e. The van der Waals surface area contributed by atoms with Gasteiger partial charge in [0.05, 0.1) is 0 Å². The molecule has 0 saturated heterocycles. The normalized spacial score (nSPS) is 15.7. The van der Waals surface area contributed by atoms with Crippen molar-refractivity contribution in [1.29, 1.82) is 0 Å². The Kier molecular flexibility index (Phi) is 7.55. The van der Waals surface area contributed by atoms with Crippen molar-refractivity contribution < 1.29 is 17.4 Å². The zero-order valence-electron chi connectivity index (χ0n) is 22.0. The summed E-state index contributed by atoms with van der Waals surface area (Å²) in [6, 6.07) is 50.9. The van der Waals surface area contributed by atoms with E-state index >= 15 is 0 Å². The average molecular weight is 643 g/mol. The molecule has 0 aromatic heterocycles. The van der Waals surface area contributed by atoms with Crippen LogP contribution in [0, 0.1) is 0 Å². The van der Waals surface area contributed by atoms with Gasteiger partial charge in [-0.3, -0.25) is 0 Å². The van der Waals surface area contributed by atoms with Crippen LogP contribution in [0.1, 0.15) is 36.4 Å². The summed E-state index contributed by atoms with van der Waals surface area (Å²) in [6.07, 6.45) is 2.65. The number of fused-ring (bicyclic) bond motifs is 4. The van der Waals surface area contributed by atoms with Crippen LogP contribution in [0.15, 0.2) is 140 Å². The Morgan fingerprint density at radius 3 is 1.36 bits per heavy atom. The van der Waals surface area contributed by atoms with E-state index in [1.165, 1.54) is 39.0 Å². The molecule has 0 radical (unpaired) electrons. The van der Waals surface area contributed by atoms with Gasteiger partial charge in [-0.25, -0.2) is 0 Å². The van der Waals surface area contributed by atoms with Gasteiger partial charge in [0, 0.05) is 0 Å². The van der Waals surface area contributed by atoms with Crippen molar-refractivity contribution in [2.45, 2.75) is 14.2 Å². The summed E-state index contributed by atoms with van der Waals surface area (Å²) in [6.45, 7) is 4.74. The third kappa shape index (κ3) is 3.80. The van der Waals surface area contributed by atoms with Gasteiger partial charge < -0.3 is 0 Å². The predicted molar refractivity (Wildman–Crippen MR) is 172 cm³/mol. The second-order valence-corrected chi connectivity index (χ2v) is 33.7. The Labute approximate surface area is 246 Å². The fraction of sp³-hybridized carbons (Fsp3) is 0.0857. The number of hydrogen-bond acceptors (Lipinski definition) is 0. The van der Waals surface area contributed by atoms with Crippen LogP contribution in [0.25, 0.3) is 16.7 Å². The monoisotopic (exact) mass is 640 g/mol. The third-order valence-corrected chi connectivity index (χ3v) is 36.9. The molecule has 4 heteroatoms. The first-order chi connectivity index (χ1) is 18.1. The first-order valence-corrected chi connectivity index (χ1v) is 24.4. The van der Waals surface area contributed by atoms with Crippen LogP contribution in [0.4, 0.5) is 0 Å². The molecule has 7 rings (SSSR count). The molecule has 194 valence electrons. The van der Waals surface area contributed by atoms with Crippen molar-refractivity contribution in [1.82, 2.24) is 0 Å². The van der Waals surface area contributed by atoms with Gasteiger partial charge in [-0.2, -0.15) is 0 Å². The van der Waals surface area contributed by atoms with Crippen molar-refractivity contribution in [2.24, 2.45) is 0 Å². The Morgan fingerprint density at radius 2 is 0.872 bits per heavy atom. The molecule has 0 saturated carbocycles. The topological polar surface area (TPSA) is 0 Å². The van der Waals surface area contributed by atoms with Crippen LogP contribution in [-0.4, -0.2) is 6.88 Å². The minimum atomic E-state index is -4.42. The third-order valence-electron chi connectivity index (χ3n) is 9.25. The summed E-state index contributed by atoms with van der Waals surface area (Å²) in [5, 5.41) is 0. The van der Waals surface area contributed by atoms with Gasteiger partial charge >= 0.3 is 223 Å². The summed E-state index contributed by atoms with van der Waals surface area (Å²) in [5.41, 5.74) is 10.2. The fourth-order valence-electron chi connectivity index (χ4n) is 7.67. The molecule has 5 aromatic rings. The molecular formula is C35H32Cl2SiZr. The minimum absolute atomic E-state index is 0. The molecule has 0 spiro atoms. The van der Waals surface area contributed by atoms with Gasteiger partial charge in [0.15, 0.2) is 0 Å². The fourth-order valence-corrected chi connectivity index (χ4v) is 33.6. The van der Waals surface area contributed by atoms with Crippen LogP contribution in [0.5, 0.6) is 0 Å². The van der Waals surface area contributed by atoms with E-state index in [4.69, 9.17) is 0 Å². The number of benzene rings is 5. The summed E-state index contributed by atoms with van der Waals surface area (Å²) in [7, 11) is 0. The van der Waals surface area contributed by atoms with Gasteiger partial charge in [-0.05, 0) is 0 Å². The molecule has 0 bridgehead atoms. The van der Waals surface area contributed by atoms with E-state index < -0.39 is 17.4 Å². The first kappa shape index (κ1) is 28.1. The summed E-state index contributed by atoms with van der Waals surface area (Å²) < 4.78 is 3.84. The Hall–Kier alpha value is -2.48. The predicted octanol–water partition coefficient (Wildman–Crippen LogP) is 7.65. The van der Waals surface area contributed by atoms with Crippen LogP contribution < -0.4 is 6.54 Å². The largest absolute Gasteiger partial charge is 0.147 e. The van der Waals surface area contributed by atoms with E-state index in [9.17, 15) is 0 Å². The summed E-state index contributed by atoms with van der Waals surface area (Å²) in [5.74, 6) is 0. The van der Waals surface area contributed by atoms with Crippen molar-refractivity contribution in [2.75, 3.05) is 0 Å². The maximum atomic E-state index is 2.65. The van der Waals surface area contributed by atoms with Gasteiger partial charge in [0.25, 0.3) is 0 Å². The SMILES string of the molecule is CC1=C[CH]([Zr](=[SiH2])([c]2ccccc2)([c]2ccccc2)[CH]2c3ccccc3-c3ccccc32)c2ccccc21.Cl.Cl. The second-order valence-electron chi connectivity index (χ2n) is 10.9. The number of allylic oxidation sites excluding steroid dienone is 2. The van der Waals surface area contributed by atoms with Gasteiger partial charge in [0.2, 0.25) is 0 Å². The quantitative estimate of drug-likeness (QED) is 0.177. The number of hydrogen-bond donors (Lipinski definition) is 0. The van der Waals surface area contributed by atoms with Gasteiger partial charge in [0.1, 0.15) is 0 Å². The average Bonchev–Trinajstić information content (AvgIpc) is 3.50. The van der Waals surface area contributed by atoms with Gasteiger partial charge in [-0.15, -0.1) is 24.8 Å². The van der Waals surface area contributed by atoms with Crippen LogP contribution in [0.2, 0.25) is 0 Å². The molecule has 5 aromatic carbocycles. The van der Waals surface area contributed by atoms with Gasteiger partial charge in [-0.1, -0.05) is 0 Å². The van der Waals surface area contributed by atoms with Crippen molar-refractivity contribution in [3.05, 3.63) is 162 Å². The Balaban J connectivity index is 0.00000154. The first-order valence-electron chi connectivity index (χ1n) is 13.2. The molecule has 2 aliphatic carbocycles. The molecule has 0 heterocycles. The van der Waals surface area contributed by atoms with E-state index in [-0.39, 0.29) is 24.8 Å². The zero-order chi connectivity index (χ0) is 25.1. The van der Waals surface area contributed by atoms with Crippen LogP contribution in [0.3, 0.4) is 0 Å². The van der Waals surface area contributed by atoms with Crippen LogP contribution >= 0.6 is 24.8 Å². The Morgan fingerprint density at radius 1 is 0.487 bits per heavy atom.